The smallest absolute Gasteiger partial charge is 0.326 e. The Kier molecular flexibility index (Phi) is 18.4. The van der Waals surface area contributed by atoms with Crippen molar-refractivity contribution in [1.29, 1.82) is 0 Å². The first-order valence-electron chi connectivity index (χ1n) is 19.1. The SMILES string of the molecule is CC[C@H](C)C([C@@H](CC(=O)N1CCC[C@H]1C(OC)[C@@H](C)C(=O)N[C@@H](Cc1ccccc1)C(=O)O)OC)N(C)C(=O)[C@@H](NC(=O)[C@H](C(C)C)N(C)C)C(C)C. The molecular weight excluding hydrogens is 678 g/mol. The summed E-state index contributed by atoms with van der Waals surface area (Å²) in [7, 11) is 8.44. The van der Waals surface area contributed by atoms with Gasteiger partial charge in [0.25, 0.3) is 0 Å². The molecule has 3 N–H and O–H groups in total. The fourth-order valence-corrected chi connectivity index (χ4v) is 7.76. The lowest BCUT2D eigenvalue weighted by Crippen LogP contribution is -2.59. The van der Waals surface area contributed by atoms with Gasteiger partial charge in [-0.1, -0.05) is 85.2 Å². The third kappa shape index (κ3) is 12.2. The van der Waals surface area contributed by atoms with Crippen LogP contribution in [0.5, 0.6) is 0 Å². The van der Waals surface area contributed by atoms with E-state index in [0.717, 1.165) is 12.0 Å². The van der Waals surface area contributed by atoms with Crippen LogP contribution in [0.15, 0.2) is 30.3 Å². The van der Waals surface area contributed by atoms with Gasteiger partial charge in [-0.15, -0.1) is 0 Å². The van der Waals surface area contributed by atoms with Crippen LogP contribution in [0.1, 0.15) is 79.7 Å². The molecule has 2 unspecified atom stereocenters. The fourth-order valence-electron chi connectivity index (χ4n) is 7.76. The molecule has 1 saturated heterocycles. The normalized spacial score (nSPS) is 19.2. The van der Waals surface area contributed by atoms with E-state index in [1.165, 1.54) is 14.2 Å². The van der Waals surface area contributed by atoms with Gasteiger partial charge in [-0.2, -0.15) is 0 Å². The largest absolute Gasteiger partial charge is 0.480 e. The molecular formula is C40H67N5O8. The van der Waals surface area contributed by atoms with Crippen LogP contribution in [-0.4, -0.2) is 134 Å². The first-order valence-corrected chi connectivity index (χ1v) is 19.1. The molecule has 0 bridgehead atoms. The second-order valence-electron chi connectivity index (χ2n) is 15.6. The van der Waals surface area contributed by atoms with Crippen molar-refractivity contribution in [2.75, 3.05) is 41.9 Å². The van der Waals surface area contributed by atoms with Gasteiger partial charge < -0.3 is 35.0 Å². The first-order chi connectivity index (χ1) is 24.9. The molecule has 1 aliphatic rings. The number of methoxy groups -OCH3 is 2. The molecule has 1 heterocycles. The predicted octanol–water partition coefficient (Wildman–Crippen LogP) is 3.45. The molecule has 1 aromatic rings. The number of benzene rings is 1. The van der Waals surface area contributed by atoms with Crippen molar-refractivity contribution in [3.8, 4) is 0 Å². The molecule has 0 saturated carbocycles. The monoisotopic (exact) mass is 745 g/mol. The van der Waals surface area contributed by atoms with Crippen LogP contribution in [0.4, 0.5) is 0 Å². The Morgan fingerprint density at radius 1 is 0.906 bits per heavy atom. The number of hydrogen-bond donors (Lipinski definition) is 3. The molecule has 0 aromatic heterocycles. The first kappa shape index (κ1) is 45.6. The van der Waals surface area contributed by atoms with Crippen molar-refractivity contribution in [1.82, 2.24) is 25.3 Å². The molecule has 4 amide bonds. The Balaban J connectivity index is 2.27. The van der Waals surface area contributed by atoms with Crippen LogP contribution in [0.3, 0.4) is 0 Å². The molecule has 1 fully saturated rings. The quantitative estimate of drug-likeness (QED) is 0.172. The number of likely N-dealkylation sites (tertiary alicyclic amines) is 1. The number of hydrogen-bond acceptors (Lipinski definition) is 8. The van der Waals surface area contributed by atoms with Gasteiger partial charge in [0, 0.05) is 34.2 Å². The molecule has 13 heteroatoms. The number of carbonyl (C=O) groups excluding carboxylic acids is 4. The standard InChI is InChI=1S/C40H67N5O8/c1-13-26(6)35(44(10)39(49)33(24(2)3)42-38(48)34(25(4)5)43(8)9)31(52-11)23-32(46)45-21-17-20-30(45)36(53-12)27(7)37(47)41-29(40(50)51)22-28-18-15-14-16-19-28/h14-16,18-19,24-27,29-31,33-36H,13,17,20-23H2,1-12H3,(H,41,47)(H,42,48)(H,50,51)/t26-,27+,29-,30-,31+,33-,34-,35?,36?/m0/s1. The number of nitrogens with one attached hydrogen (secondary N) is 2. The maximum Gasteiger partial charge on any atom is 0.326 e. The van der Waals surface area contributed by atoms with E-state index in [1.54, 1.807) is 23.8 Å². The third-order valence-corrected chi connectivity index (χ3v) is 10.8. The van der Waals surface area contributed by atoms with E-state index >= 15 is 0 Å². The lowest BCUT2D eigenvalue weighted by molar-refractivity contribution is -0.148. The highest BCUT2D eigenvalue weighted by Crippen LogP contribution is 2.30. The second kappa shape index (κ2) is 21.4. The summed E-state index contributed by atoms with van der Waals surface area (Å²) in [5.41, 5.74) is 0.785. The Morgan fingerprint density at radius 2 is 1.53 bits per heavy atom. The molecule has 13 nitrogen and oxygen atoms in total. The topological polar surface area (TPSA) is 158 Å². The number of carboxylic acids is 1. The van der Waals surface area contributed by atoms with Crippen molar-refractivity contribution in [3.63, 3.8) is 0 Å². The van der Waals surface area contributed by atoms with Gasteiger partial charge >= 0.3 is 5.97 Å². The molecule has 0 radical (unpaired) electrons. The summed E-state index contributed by atoms with van der Waals surface area (Å²) in [5, 5.41) is 15.6. The van der Waals surface area contributed by atoms with Crippen molar-refractivity contribution in [3.05, 3.63) is 35.9 Å². The Morgan fingerprint density at radius 3 is 2.02 bits per heavy atom. The van der Waals surface area contributed by atoms with E-state index in [4.69, 9.17) is 9.47 Å². The van der Waals surface area contributed by atoms with Gasteiger partial charge in [0.1, 0.15) is 12.1 Å². The van der Waals surface area contributed by atoms with E-state index < -0.39 is 60.2 Å². The molecule has 2 rings (SSSR count). The molecule has 9 atom stereocenters. The van der Waals surface area contributed by atoms with Crippen molar-refractivity contribution in [2.45, 2.75) is 123 Å². The van der Waals surface area contributed by atoms with Crippen LogP contribution in [0, 0.1) is 23.7 Å². The lowest BCUT2D eigenvalue weighted by Gasteiger charge is -2.41. The average Bonchev–Trinajstić information content (AvgIpc) is 3.59. The Labute approximate surface area is 317 Å². The van der Waals surface area contributed by atoms with Crippen LogP contribution in [0.25, 0.3) is 0 Å². The van der Waals surface area contributed by atoms with Crippen molar-refractivity contribution in [2.24, 2.45) is 23.7 Å². The third-order valence-electron chi connectivity index (χ3n) is 10.8. The molecule has 1 aliphatic heterocycles. The number of aliphatic carboxylic acids is 1. The maximum absolute atomic E-state index is 14.2. The highest BCUT2D eigenvalue weighted by molar-refractivity contribution is 5.90. The van der Waals surface area contributed by atoms with E-state index in [-0.39, 0.29) is 48.3 Å². The summed E-state index contributed by atoms with van der Waals surface area (Å²) in [6.07, 6.45) is 0.820. The number of likely N-dealkylation sites (N-methyl/N-ethyl adjacent to an activating group) is 2. The molecule has 300 valence electrons. The summed E-state index contributed by atoms with van der Waals surface area (Å²) in [5.74, 6) is -3.21. The zero-order valence-corrected chi connectivity index (χ0v) is 34.1. The minimum absolute atomic E-state index is 0.0104. The Hall–Kier alpha value is -3.55. The van der Waals surface area contributed by atoms with Gasteiger partial charge in [-0.25, -0.2) is 4.79 Å². The summed E-state index contributed by atoms with van der Waals surface area (Å²) >= 11 is 0. The lowest BCUT2D eigenvalue weighted by atomic mass is 9.89. The number of nitrogens with zero attached hydrogens (tertiary/aromatic N) is 3. The summed E-state index contributed by atoms with van der Waals surface area (Å²) in [6, 6.07) is 5.89. The molecule has 0 aliphatic carbocycles. The zero-order valence-electron chi connectivity index (χ0n) is 34.1. The fraction of sp³-hybridized carbons (Fsp3) is 0.725. The molecule has 53 heavy (non-hydrogen) atoms. The minimum atomic E-state index is -1.14. The van der Waals surface area contributed by atoms with Gasteiger partial charge in [-0.05, 0) is 50.3 Å². The van der Waals surface area contributed by atoms with Crippen LogP contribution >= 0.6 is 0 Å². The highest BCUT2D eigenvalue weighted by Gasteiger charge is 2.43. The van der Waals surface area contributed by atoms with Gasteiger partial charge in [0.2, 0.25) is 23.6 Å². The predicted molar refractivity (Wildman–Crippen MR) is 205 cm³/mol. The van der Waals surface area contributed by atoms with Gasteiger partial charge in [0.05, 0.1) is 42.7 Å². The molecule has 0 spiro atoms. The Bertz CT molecular complexity index is 1330. The molecule has 1 aromatic carbocycles. The zero-order chi connectivity index (χ0) is 40.2. The minimum Gasteiger partial charge on any atom is -0.480 e. The van der Waals surface area contributed by atoms with Crippen molar-refractivity contribution < 1.29 is 38.6 Å². The summed E-state index contributed by atoms with van der Waals surface area (Å²) < 4.78 is 11.9. The van der Waals surface area contributed by atoms with Crippen LogP contribution in [0.2, 0.25) is 0 Å². The van der Waals surface area contributed by atoms with E-state index in [1.807, 2.05) is 90.9 Å². The number of carbonyl (C=O) groups is 5. The van der Waals surface area contributed by atoms with E-state index in [9.17, 15) is 29.1 Å². The van der Waals surface area contributed by atoms with Gasteiger partial charge in [0.15, 0.2) is 0 Å². The van der Waals surface area contributed by atoms with Crippen LogP contribution < -0.4 is 10.6 Å². The number of rotatable bonds is 21. The van der Waals surface area contributed by atoms with Crippen molar-refractivity contribution >= 4 is 29.6 Å². The van der Waals surface area contributed by atoms with E-state index in [2.05, 4.69) is 10.6 Å². The number of amides is 4. The highest BCUT2D eigenvalue weighted by atomic mass is 16.5. The average molecular weight is 746 g/mol. The number of carboxylic acid groups (broad SMARTS) is 1. The summed E-state index contributed by atoms with van der Waals surface area (Å²) in [6.45, 7) is 13.9. The maximum atomic E-state index is 14.2. The second-order valence-corrected chi connectivity index (χ2v) is 15.6. The number of ether oxygens (including phenoxy) is 2. The summed E-state index contributed by atoms with van der Waals surface area (Å²) in [4.78, 5) is 72.5. The van der Waals surface area contributed by atoms with E-state index in [0.29, 0.717) is 19.4 Å². The van der Waals surface area contributed by atoms with Crippen LogP contribution in [-0.2, 0) is 39.9 Å². The van der Waals surface area contributed by atoms with Gasteiger partial charge in [-0.3, -0.25) is 24.1 Å².